The fourth-order valence-corrected chi connectivity index (χ4v) is 3.37. The molecule has 1 aromatic rings. The van der Waals surface area contributed by atoms with E-state index >= 15 is 0 Å². The molecule has 0 N–H and O–H groups in total. The largest absolute Gasteiger partial charge is 0.497 e. The van der Waals surface area contributed by atoms with E-state index < -0.39 is 0 Å². The molecule has 0 aliphatic carbocycles. The average Bonchev–Trinajstić information content (AvgIpc) is 3.02. The number of likely N-dealkylation sites (tertiary alicyclic amines) is 1. The molecule has 0 aromatic heterocycles. The number of hydrogen-bond donors (Lipinski definition) is 0. The summed E-state index contributed by atoms with van der Waals surface area (Å²) in [6.07, 6.45) is -0.109. The van der Waals surface area contributed by atoms with E-state index in [0.717, 1.165) is 11.3 Å². The van der Waals surface area contributed by atoms with Crippen LogP contribution in [0.5, 0.6) is 5.75 Å². The molecule has 0 spiro atoms. The highest BCUT2D eigenvalue weighted by Crippen LogP contribution is 2.26. The molecule has 25 heavy (non-hydrogen) atoms. The van der Waals surface area contributed by atoms with Gasteiger partial charge in [-0.1, -0.05) is 12.1 Å². The Morgan fingerprint density at radius 3 is 2.64 bits per heavy atom. The van der Waals surface area contributed by atoms with E-state index in [-0.39, 0.29) is 30.6 Å². The molecule has 2 fully saturated rings. The molecule has 2 saturated heterocycles. The van der Waals surface area contributed by atoms with Crippen LogP contribution in [0.3, 0.4) is 0 Å². The number of likely N-dealkylation sites (N-methyl/N-ethyl adjacent to an activating group) is 1. The van der Waals surface area contributed by atoms with Crippen molar-refractivity contribution in [2.75, 3.05) is 47.4 Å². The van der Waals surface area contributed by atoms with Gasteiger partial charge in [-0.05, 0) is 31.8 Å². The molecule has 2 aliphatic heterocycles. The van der Waals surface area contributed by atoms with Crippen LogP contribution in [-0.4, -0.2) is 86.1 Å². The lowest BCUT2D eigenvalue weighted by Gasteiger charge is -2.36. The second-order valence-electron chi connectivity index (χ2n) is 6.82. The third-order valence-electron chi connectivity index (χ3n) is 4.69. The fraction of sp³-hybridized carbons (Fsp3) is 0.556. The molecule has 2 atom stereocenters. The zero-order valence-corrected chi connectivity index (χ0v) is 15.0. The summed E-state index contributed by atoms with van der Waals surface area (Å²) in [5, 5.41) is 0. The SMILES string of the molecule is COc1ccc(CN2C(=O)CO[C@H]3CN(C(=O)CN(C)C)C[C@@H]32)cc1. The first kappa shape index (κ1) is 17.7. The van der Waals surface area contributed by atoms with Crippen molar-refractivity contribution in [3.05, 3.63) is 29.8 Å². The Morgan fingerprint density at radius 2 is 2.00 bits per heavy atom. The highest BCUT2D eigenvalue weighted by Gasteiger charge is 2.44. The smallest absolute Gasteiger partial charge is 0.249 e. The van der Waals surface area contributed by atoms with Gasteiger partial charge in [0.05, 0.1) is 25.8 Å². The Hall–Kier alpha value is -2.12. The summed E-state index contributed by atoms with van der Waals surface area (Å²) < 4.78 is 10.9. The van der Waals surface area contributed by atoms with E-state index in [2.05, 4.69) is 0 Å². The molecule has 7 nitrogen and oxygen atoms in total. The van der Waals surface area contributed by atoms with Crippen molar-refractivity contribution < 1.29 is 19.1 Å². The predicted octanol–water partition coefficient (Wildman–Crippen LogP) is 0.195. The lowest BCUT2D eigenvalue weighted by molar-refractivity contribution is -0.153. The molecule has 0 radical (unpaired) electrons. The molecule has 3 rings (SSSR count). The number of carbonyl (C=O) groups is 2. The monoisotopic (exact) mass is 347 g/mol. The van der Waals surface area contributed by atoms with E-state index in [9.17, 15) is 9.59 Å². The minimum atomic E-state index is -0.109. The average molecular weight is 347 g/mol. The van der Waals surface area contributed by atoms with Gasteiger partial charge in [-0.15, -0.1) is 0 Å². The van der Waals surface area contributed by atoms with Gasteiger partial charge >= 0.3 is 0 Å². The molecule has 2 aliphatic rings. The Balaban J connectivity index is 1.70. The number of carbonyl (C=O) groups excluding carboxylic acids is 2. The van der Waals surface area contributed by atoms with Crippen molar-refractivity contribution in [1.29, 1.82) is 0 Å². The third kappa shape index (κ3) is 3.93. The van der Waals surface area contributed by atoms with Crippen LogP contribution in [0.15, 0.2) is 24.3 Å². The zero-order chi connectivity index (χ0) is 18.0. The molecule has 2 heterocycles. The predicted molar refractivity (Wildman–Crippen MR) is 92.2 cm³/mol. The Morgan fingerprint density at radius 1 is 1.28 bits per heavy atom. The highest BCUT2D eigenvalue weighted by atomic mass is 16.5. The lowest BCUT2D eigenvalue weighted by Crippen LogP contribution is -2.53. The number of amides is 2. The number of nitrogens with zero attached hydrogens (tertiary/aromatic N) is 3. The topological polar surface area (TPSA) is 62.3 Å². The van der Waals surface area contributed by atoms with Crippen molar-refractivity contribution in [3.63, 3.8) is 0 Å². The van der Waals surface area contributed by atoms with Gasteiger partial charge in [0, 0.05) is 19.6 Å². The Bertz CT molecular complexity index is 632. The first-order valence-corrected chi connectivity index (χ1v) is 8.44. The first-order chi connectivity index (χ1) is 12.0. The summed E-state index contributed by atoms with van der Waals surface area (Å²) >= 11 is 0. The maximum Gasteiger partial charge on any atom is 0.249 e. The summed E-state index contributed by atoms with van der Waals surface area (Å²) in [4.78, 5) is 30.2. The van der Waals surface area contributed by atoms with Gasteiger partial charge in [0.25, 0.3) is 0 Å². The molecular formula is C18H25N3O4. The van der Waals surface area contributed by atoms with Crippen LogP contribution in [0, 0.1) is 0 Å². The van der Waals surface area contributed by atoms with Crippen molar-refractivity contribution in [2.24, 2.45) is 0 Å². The van der Waals surface area contributed by atoms with Gasteiger partial charge in [-0.2, -0.15) is 0 Å². The fourth-order valence-electron chi connectivity index (χ4n) is 3.37. The maximum absolute atomic E-state index is 12.4. The molecule has 2 amide bonds. The number of benzene rings is 1. The normalized spacial score (nSPS) is 23.1. The van der Waals surface area contributed by atoms with Gasteiger partial charge in [0.2, 0.25) is 11.8 Å². The number of methoxy groups -OCH3 is 1. The van der Waals surface area contributed by atoms with Crippen molar-refractivity contribution in [2.45, 2.75) is 18.7 Å². The number of morpholine rings is 1. The van der Waals surface area contributed by atoms with E-state index in [0.29, 0.717) is 26.2 Å². The number of ether oxygens (including phenoxy) is 2. The third-order valence-corrected chi connectivity index (χ3v) is 4.69. The van der Waals surface area contributed by atoms with E-state index in [1.807, 2.05) is 48.2 Å². The zero-order valence-electron chi connectivity index (χ0n) is 15.0. The summed E-state index contributed by atoms with van der Waals surface area (Å²) in [5.74, 6) is 0.829. The Kier molecular flexibility index (Phi) is 5.24. The quantitative estimate of drug-likeness (QED) is 0.761. The molecule has 1 aromatic carbocycles. The van der Waals surface area contributed by atoms with Crippen LogP contribution >= 0.6 is 0 Å². The van der Waals surface area contributed by atoms with Crippen LogP contribution in [0.2, 0.25) is 0 Å². The van der Waals surface area contributed by atoms with Crippen molar-refractivity contribution in [1.82, 2.24) is 14.7 Å². The number of fused-ring (bicyclic) bond motifs is 1. The van der Waals surface area contributed by atoms with Crippen LogP contribution in [-0.2, 0) is 20.9 Å². The minimum Gasteiger partial charge on any atom is -0.497 e. The van der Waals surface area contributed by atoms with Gasteiger partial charge in [0.15, 0.2) is 0 Å². The summed E-state index contributed by atoms with van der Waals surface area (Å²) in [6.45, 7) is 2.03. The van der Waals surface area contributed by atoms with E-state index in [1.165, 1.54) is 0 Å². The first-order valence-electron chi connectivity index (χ1n) is 8.44. The lowest BCUT2D eigenvalue weighted by atomic mass is 10.1. The summed E-state index contributed by atoms with van der Waals surface area (Å²) in [5.41, 5.74) is 1.04. The number of hydrogen-bond acceptors (Lipinski definition) is 5. The summed E-state index contributed by atoms with van der Waals surface area (Å²) in [6, 6.07) is 7.61. The maximum atomic E-state index is 12.4. The van der Waals surface area contributed by atoms with Crippen LogP contribution in [0.1, 0.15) is 5.56 Å². The Labute approximate surface area is 148 Å². The number of rotatable bonds is 5. The van der Waals surface area contributed by atoms with Crippen LogP contribution < -0.4 is 4.74 Å². The molecule has 0 saturated carbocycles. The molecular weight excluding hydrogens is 322 g/mol. The molecule has 7 heteroatoms. The van der Waals surface area contributed by atoms with Crippen molar-refractivity contribution in [3.8, 4) is 5.75 Å². The van der Waals surface area contributed by atoms with Gasteiger partial charge in [-0.3, -0.25) is 9.59 Å². The van der Waals surface area contributed by atoms with Crippen LogP contribution in [0.25, 0.3) is 0 Å². The van der Waals surface area contributed by atoms with E-state index in [1.54, 1.807) is 12.0 Å². The minimum absolute atomic E-state index is 0.0287. The van der Waals surface area contributed by atoms with Gasteiger partial charge < -0.3 is 24.2 Å². The van der Waals surface area contributed by atoms with Gasteiger partial charge in [-0.25, -0.2) is 0 Å². The molecule has 136 valence electrons. The van der Waals surface area contributed by atoms with Gasteiger partial charge in [0.1, 0.15) is 12.4 Å². The second-order valence-corrected chi connectivity index (χ2v) is 6.82. The highest BCUT2D eigenvalue weighted by molar-refractivity contribution is 5.81. The van der Waals surface area contributed by atoms with E-state index in [4.69, 9.17) is 9.47 Å². The van der Waals surface area contributed by atoms with Crippen molar-refractivity contribution >= 4 is 11.8 Å². The second kappa shape index (κ2) is 7.41. The molecule has 0 bridgehead atoms. The van der Waals surface area contributed by atoms with Crippen LogP contribution in [0.4, 0.5) is 0 Å². The summed E-state index contributed by atoms with van der Waals surface area (Å²) in [7, 11) is 5.37. The standard InChI is InChI=1S/C18H25N3O4/c1-19(2)11-17(22)20-9-15-16(10-20)25-12-18(23)21(15)8-13-4-6-14(24-3)7-5-13/h4-7,15-16H,8-12H2,1-3H3/t15-,16-/m0/s1. The molecule has 0 unspecified atom stereocenters.